The molecule has 1 aromatic rings. The van der Waals surface area contributed by atoms with Crippen molar-refractivity contribution in [3.63, 3.8) is 0 Å². The van der Waals surface area contributed by atoms with Crippen LogP contribution < -0.4 is 5.32 Å². The van der Waals surface area contributed by atoms with Gasteiger partial charge in [-0.15, -0.1) is 0 Å². The van der Waals surface area contributed by atoms with Gasteiger partial charge in [0.25, 0.3) is 0 Å². The van der Waals surface area contributed by atoms with Gasteiger partial charge in [-0.1, -0.05) is 32.9 Å². The lowest BCUT2D eigenvalue weighted by Gasteiger charge is -2.22. The summed E-state index contributed by atoms with van der Waals surface area (Å²) in [6.45, 7) is 9.18. The number of aliphatic hydroxyl groups excluding tert-OH is 2. The lowest BCUT2D eigenvalue weighted by molar-refractivity contribution is 0.167. The summed E-state index contributed by atoms with van der Waals surface area (Å²) in [6, 6.07) is 3.97. The Morgan fingerprint density at radius 1 is 1.25 bits per heavy atom. The van der Waals surface area contributed by atoms with E-state index in [0.29, 0.717) is 19.5 Å². The van der Waals surface area contributed by atoms with E-state index in [0.717, 1.165) is 16.7 Å². The molecule has 114 valence electrons. The number of phenolic OH excluding ortho intramolecular Hbond substituents is 1. The minimum atomic E-state index is -0.581. The van der Waals surface area contributed by atoms with Crippen molar-refractivity contribution in [2.45, 2.75) is 45.6 Å². The number of hydrogen-bond donors (Lipinski definition) is 4. The number of rotatable bonds is 6. The molecule has 0 bridgehead atoms. The van der Waals surface area contributed by atoms with Crippen molar-refractivity contribution in [3.05, 3.63) is 28.8 Å². The van der Waals surface area contributed by atoms with Gasteiger partial charge in [0.2, 0.25) is 0 Å². The molecule has 0 aliphatic carbocycles. The zero-order valence-corrected chi connectivity index (χ0v) is 12.9. The standard InChI is InChI=1S/C16H27NO3/c1-11-7-13(16(2,3)4)8-12(15(11)20)9-14(19)10-17-5-6-18/h7-8,14,17-20H,5-6,9-10H2,1-4H3. The van der Waals surface area contributed by atoms with Gasteiger partial charge < -0.3 is 20.6 Å². The van der Waals surface area contributed by atoms with E-state index in [9.17, 15) is 10.2 Å². The maximum Gasteiger partial charge on any atom is 0.121 e. The predicted octanol–water partition coefficient (Wildman–Crippen LogP) is 1.48. The van der Waals surface area contributed by atoms with Crippen LogP contribution in [-0.2, 0) is 11.8 Å². The van der Waals surface area contributed by atoms with Crippen molar-refractivity contribution in [1.29, 1.82) is 0 Å². The minimum absolute atomic E-state index is 0.00724. The summed E-state index contributed by atoms with van der Waals surface area (Å²) in [7, 11) is 0. The average molecular weight is 281 g/mol. The maximum atomic E-state index is 10.1. The highest BCUT2D eigenvalue weighted by Crippen LogP contribution is 2.31. The van der Waals surface area contributed by atoms with Crippen molar-refractivity contribution < 1.29 is 15.3 Å². The Balaban J connectivity index is 2.86. The molecule has 4 N–H and O–H groups in total. The molecule has 1 unspecified atom stereocenters. The van der Waals surface area contributed by atoms with Crippen LogP contribution in [0.2, 0.25) is 0 Å². The minimum Gasteiger partial charge on any atom is -0.507 e. The second-order valence-electron chi connectivity index (χ2n) is 6.34. The maximum absolute atomic E-state index is 10.1. The Morgan fingerprint density at radius 2 is 1.90 bits per heavy atom. The predicted molar refractivity (Wildman–Crippen MR) is 81.2 cm³/mol. The molecule has 0 saturated heterocycles. The zero-order valence-electron chi connectivity index (χ0n) is 12.9. The summed E-state index contributed by atoms with van der Waals surface area (Å²) in [6.07, 6.45) is -0.184. The quantitative estimate of drug-likeness (QED) is 0.596. The molecule has 0 aliphatic heterocycles. The molecule has 0 aromatic heterocycles. The van der Waals surface area contributed by atoms with Crippen LogP contribution in [0.1, 0.15) is 37.5 Å². The summed E-state index contributed by atoms with van der Waals surface area (Å²) in [4.78, 5) is 0. The van der Waals surface area contributed by atoms with Crippen LogP contribution >= 0.6 is 0 Å². The molecule has 1 aromatic carbocycles. The first-order valence-electron chi connectivity index (χ1n) is 7.08. The molecule has 0 radical (unpaired) electrons. The van der Waals surface area contributed by atoms with Crippen LogP contribution in [0.4, 0.5) is 0 Å². The van der Waals surface area contributed by atoms with Crippen LogP contribution in [0.25, 0.3) is 0 Å². The molecule has 1 atom stereocenters. The number of aromatic hydroxyl groups is 1. The van der Waals surface area contributed by atoms with Gasteiger partial charge in [-0.3, -0.25) is 0 Å². The smallest absolute Gasteiger partial charge is 0.121 e. The summed E-state index contributed by atoms with van der Waals surface area (Å²) in [5, 5.41) is 31.8. The third-order valence-corrected chi connectivity index (χ3v) is 3.37. The number of benzene rings is 1. The first-order chi connectivity index (χ1) is 9.25. The van der Waals surface area contributed by atoms with Crippen molar-refractivity contribution in [2.24, 2.45) is 0 Å². The molecule has 4 heteroatoms. The van der Waals surface area contributed by atoms with E-state index in [2.05, 4.69) is 26.1 Å². The monoisotopic (exact) mass is 281 g/mol. The molecule has 0 spiro atoms. The van der Waals surface area contributed by atoms with Crippen LogP contribution in [0.15, 0.2) is 12.1 Å². The Labute approximate surface area is 121 Å². The van der Waals surface area contributed by atoms with E-state index in [-0.39, 0.29) is 17.8 Å². The molecular formula is C16H27NO3. The number of aryl methyl sites for hydroxylation is 1. The second-order valence-corrected chi connectivity index (χ2v) is 6.34. The molecule has 0 heterocycles. The Kier molecular flexibility index (Phi) is 5.99. The molecule has 0 fully saturated rings. The van der Waals surface area contributed by atoms with Gasteiger partial charge in [-0.2, -0.15) is 0 Å². The largest absolute Gasteiger partial charge is 0.507 e. The fraction of sp³-hybridized carbons (Fsp3) is 0.625. The van der Waals surface area contributed by atoms with Crippen molar-refractivity contribution in [3.8, 4) is 5.75 Å². The molecule has 20 heavy (non-hydrogen) atoms. The number of hydrogen-bond acceptors (Lipinski definition) is 4. The van der Waals surface area contributed by atoms with E-state index in [1.807, 2.05) is 19.1 Å². The molecule has 0 amide bonds. The summed E-state index contributed by atoms with van der Waals surface area (Å²) < 4.78 is 0. The zero-order chi connectivity index (χ0) is 15.3. The van der Waals surface area contributed by atoms with Gasteiger partial charge >= 0.3 is 0 Å². The number of aliphatic hydroxyl groups is 2. The van der Waals surface area contributed by atoms with Crippen molar-refractivity contribution in [1.82, 2.24) is 5.32 Å². The molecule has 0 saturated carbocycles. The Morgan fingerprint density at radius 3 is 2.45 bits per heavy atom. The lowest BCUT2D eigenvalue weighted by Crippen LogP contribution is -2.30. The molecule has 0 aliphatic rings. The first-order valence-corrected chi connectivity index (χ1v) is 7.08. The highest BCUT2D eigenvalue weighted by Gasteiger charge is 2.18. The first kappa shape index (κ1) is 17.0. The summed E-state index contributed by atoms with van der Waals surface area (Å²) >= 11 is 0. The summed E-state index contributed by atoms with van der Waals surface area (Å²) in [5.74, 6) is 0.263. The van der Waals surface area contributed by atoms with Gasteiger partial charge in [0, 0.05) is 19.5 Å². The molecule has 4 nitrogen and oxygen atoms in total. The van der Waals surface area contributed by atoms with Crippen molar-refractivity contribution in [2.75, 3.05) is 19.7 Å². The third kappa shape index (κ3) is 4.78. The molecule has 1 rings (SSSR count). The van der Waals surface area contributed by atoms with E-state index >= 15 is 0 Å². The lowest BCUT2D eigenvalue weighted by atomic mass is 9.84. The van der Waals surface area contributed by atoms with Gasteiger partial charge in [0.05, 0.1) is 12.7 Å². The normalized spacial score (nSPS) is 13.5. The van der Waals surface area contributed by atoms with Crippen LogP contribution in [0, 0.1) is 6.92 Å². The fourth-order valence-electron chi connectivity index (χ4n) is 2.11. The molecular weight excluding hydrogens is 254 g/mol. The van der Waals surface area contributed by atoms with E-state index in [1.165, 1.54) is 0 Å². The van der Waals surface area contributed by atoms with Gasteiger partial charge in [-0.05, 0) is 29.0 Å². The van der Waals surface area contributed by atoms with Gasteiger partial charge in [0.1, 0.15) is 5.75 Å². The second kappa shape index (κ2) is 7.07. The third-order valence-electron chi connectivity index (χ3n) is 3.37. The average Bonchev–Trinajstić information content (AvgIpc) is 2.33. The number of phenols is 1. The highest BCUT2D eigenvalue weighted by atomic mass is 16.3. The van der Waals surface area contributed by atoms with E-state index in [1.54, 1.807) is 0 Å². The van der Waals surface area contributed by atoms with Crippen LogP contribution in [0.3, 0.4) is 0 Å². The van der Waals surface area contributed by atoms with Gasteiger partial charge in [-0.25, -0.2) is 0 Å². The van der Waals surface area contributed by atoms with E-state index < -0.39 is 6.10 Å². The van der Waals surface area contributed by atoms with Gasteiger partial charge in [0.15, 0.2) is 0 Å². The van der Waals surface area contributed by atoms with Crippen LogP contribution in [-0.4, -0.2) is 41.1 Å². The SMILES string of the molecule is Cc1cc(C(C)(C)C)cc(CC(O)CNCCO)c1O. The van der Waals surface area contributed by atoms with Crippen molar-refractivity contribution >= 4 is 0 Å². The van der Waals surface area contributed by atoms with Crippen LogP contribution in [0.5, 0.6) is 5.75 Å². The topological polar surface area (TPSA) is 72.7 Å². The fourth-order valence-corrected chi connectivity index (χ4v) is 2.11. The Bertz CT molecular complexity index is 438. The van der Waals surface area contributed by atoms with E-state index in [4.69, 9.17) is 5.11 Å². The summed E-state index contributed by atoms with van der Waals surface area (Å²) in [5.41, 5.74) is 2.77. The number of nitrogens with one attached hydrogen (secondary N) is 1. The Hall–Kier alpha value is -1.10. The highest BCUT2D eigenvalue weighted by molar-refractivity contribution is 5.45.